The van der Waals surface area contributed by atoms with Crippen LogP contribution in [0, 0.1) is 0 Å². The summed E-state index contributed by atoms with van der Waals surface area (Å²) in [7, 11) is -1.19. The fourth-order valence-electron chi connectivity index (χ4n) is 2.61. The molecule has 0 aromatic heterocycles. The van der Waals surface area contributed by atoms with Crippen molar-refractivity contribution in [2.24, 2.45) is 0 Å². The predicted octanol–water partition coefficient (Wildman–Crippen LogP) is 1.79. The number of rotatable bonds is 6. The molecule has 0 bridgehead atoms. The van der Waals surface area contributed by atoms with Gasteiger partial charge in [-0.3, -0.25) is 0 Å². The zero-order valence-electron chi connectivity index (χ0n) is 12.1. The van der Waals surface area contributed by atoms with E-state index in [1.807, 2.05) is 24.3 Å². The monoisotopic (exact) mass is 297 g/mol. The lowest BCUT2D eigenvalue weighted by Gasteiger charge is -2.17. The average molecular weight is 297 g/mol. The van der Waals surface area contributed by atoms with Crippen molar-refractivity contribution in [1.82, 2.24) is 5.32 Å². The number of ether oxygens (including phenoxy) is 1. The number of hydrogen-bond acceptors (Lipinski definition) is 4. The minimum Gasteiger partial charge on any atom is -0.497 e. The van der Waals surface area contributed by atoms with Gasteiger partial charge in [-0.15, -0.1) is 0 Å². The number of methoxy groups -OCH3 is 1. The van der Waals surface area contributed by atoms with Crippen LogP contribution in [-0.4, -0.2) is 39.1 Å². The molecule has 0 spiro atoms. The smallest absolute Gasteiger partial charge is 0.154 e. The summed E-state index contributed by atoms with van der Waals surface area (Å²) >= 11 is 0. The molecule has 1 aliphatic rings. The van der Waals surface area contributed by atoms with Crippen molar-refractivity contribution in [1.29, 1.82) is 0 Å². The van der Waals surface area contributed by atoms with Crippen molar-refractivity contribution in [2.45, 2.75) is 37.5 Å². The first kappa shape index (κ1) is 15.3. The molecular weight excluding hydrogens is 274 g/mol. The summed E-state index contributed by atoms with van der Waals surface area (Å²) in [6, 6.07) is 8.25. The van der Waals surface area contributed by atoms with Gasteiger partial charge in [-0.1, -0.05) is 12.1 Å². The molecule has 4 nitrogen and oxygen atoms in total. The van der Waals surface area contributed by atoms with E-state index in [1.54, 1.807) is 7.11 Å². The van der Waals surface area contributed by atoms with Crippen molar-refractivity contribution >= 4 is 9.84 Å². The van der Waals surface area contributed by atoms with Crippen LogP contribution in [0.15, 0.2) is 24.3 Å². The molecule has 1 N–H and O–H groups in total. The minimum atomic E-state index is -2.84. The lowest BCUT2D eigenvalue weighted by molar-refractivity contribution is 0.414. The van der Waals surface area contributed by atoms with Crippen molar-refractivity contribution in [3.63, 3.8) is 0 Å². The molecule has 2 atom stereocenters. The van der Waals surface area contributed by atoms with Crippen LogP contribution >= 0.6 is 0 Å². The van der Waals surface area contributed by atoms with Gasteiger partial charge in [0.2, 0.25) is 0 Å². The molecule has 0 radical (unpaired) electrons. The summed E-state index contributed by atoms with van der Waals surface area (Å²) in [6.45, 7) is 2.66. The van der Waals surface area contributed by atoms with Crippen LogP contribution in [-0.2, 0) is 16.3 Å². The third kappa shape index (κ3) is 3.96. The number of hydrogen-bond donors (Lipinski definition) is 1. The van der Waals surface area contributed by atoms with Crippen molar-refractivity contribution in [2.75, 3.05) is 19.4 Å². The summed E-state index contributed by atoms with van der Waals surface area (Å²) < 4.78 is 28.6. The highest BCUT2D eigenvalue weighted by Crippen LogP contribution is 2.19. The van der Waals surface area contributed by atoms with Gasteiger partial charge in [-0.25, -0.2) is 8.42 Å². The van der Waals surface area contributed by atoms with E-state index in [0.717, 1.165) is 25.0 Å². The van der Waals surface area contributed by atoms with Crippen LogP contribution in [0.3, 0.4) is 0 Å². The van der Waals surface area contributed by atoms with E-state index in [-0.39, 0.29) is 11.3 Å². The Hall–Kier alpha value is -1.07. The molecule has 2 rings (SSSR count). The molecule has 112 valence electrons. The second kappa shape index (κ2) is 6.59. The Balaban J connectivity index is 1.81. The van der Waals surface area contributed by atoms with Crippen LogP contribution in [0.2, 0.25) is 0 Å². The van der Waals surface area contributed by atoms with E-state index in [9.17, 15) is 8.42 Å². The van der Waals surface area contributed by atoms with Crippen LogP contribution < -0.4 is 10.1 Å². The molecule has 0 saturated carbocycles. The first-order valence-corrected chi connectivity index (χ1v) is 8.80. The summed E-state index contributed by atoms with van der Waals surface area (Å²) in [4.78, 5) is 0. The molecule has 2 unspecified atom stereocenters. The standard InChI is InChI=1S/C15H23NO3S/c1-12(10-13-5-7-14(19-2)8-6-13)16-11-15-4-3-9-20(15,17)18/h5-8,12,15-16H,3-4,9-11H2,1-2H3. The molecule has 1 aromatic rings. The second-order valence-electron chi connectivity index (χ2n) is 5.49. The van der Waals surface area contributed by atoms with Gasteiger partial charge in [0, 0.05) is 12.6 Å². The van der Waals surface area contributed by atoms with Crippen LogP contribution in [0.4, 0.5) is 0 Å². The van der Waals surface area contributed by atoms with E-state index >= 15 is 0 Å². The molecule has 1 fully saturated rings. The molecule has 1 saturated heterocycles. The highest BCUT2D eigenvalue weighted by molar-refractivity contribution is 7.92. The van der Waals surface area contributed by atoms with Gasteiger partial charge in [0.1, 0.15) is 5.75 Å². The Morgan fingerprint density at radius 2 is 2.05 bits per heavy atom. The average Bonchev–Trinajstić information content (AvgIpc) is 2.76. The SMILES string of the molecule is COc1ccc(CC(C)NCC2CCCS2(=O)=O)cc1. The van der Waals surface area contributed by atoms with Gasteiger partial charge < -0.3 is 10.1 Å². The first-order chi connectivity index (χ1) is 9.51. The van der Waals surface area contributed by atoms with E-state index in [4.69, 9.17) is 4.74 Å². The molecule has 5 heteroatoms. The minimum absolute atomic E-state index is 0.194. The van der Waals surface area contributed by atoms with E-state index in [2.05, 4.69) is 12.2 Å². The highest BCUT2D eigenvalue weighted by atomic mass is 32.2. The Labute approximate surface area is 121 Å². The lowest BCUT2D eigenvalue weighted by Crippen LogP contribution is -2.37. The van der Waals surface area contributed by atoms with Gasteiger partial charge in [0.05, 0.1) is 18.1 Å². The van der Waals surface area contributed by atoms with E-state index in [0.29, 0.717) is 12.3 Å². The van der Waals surface area contributed by atoms with Gasteiger partial charge in [-0.2, -0.15) is 0 Å². The summed E-state index contributed by atoms with van der Waals surface area (Å²) in [5.41, 5.74) is 1.22. The summed E-state index contributed by atoms with van der Waals surface area (Å²) in [5.74, 6) is 1.21. The molecule has 0 amide bonds. The Morgan fingerprint density at radius 1 is 1.35 bits per heavy atom. The largest absolute Gasteiger partial charge is 0.497 e. The van der Waals surface area contributed by atoms with E-state index < -0.39 is 9.84 Å². The Bertz CT molecular complexity index is 525. The van der Waals surface area contributed by atoms with Crippen molar-refractivity contribution in [3.05, 3.63) is 29.8 Å². The summed E-state index contributed by atoms with van der Waals surface area (Å²) in [5, 5.41) is 3.15. The lowest BCUT2D eigenvalue weighted by atomic mass is 10.1. The third-order valence-electron chi connectivity index (χ3n) is 3.86. The summed E-state index contributed by atoms with van der Waals surface area (Å²) in [6.07, 6.45) is 2.49. The number of nitrogens with one attached hydrogen (secondary N) is 1. The van der Waals surface area contributed by atoms with Gasteiger partial charge in [0.15, 0.2) is 9.84 Å². The predicted molar refractivity (Wildman–Crippen MR) is 81.0 cm³/mol. The molecular formula is C15H23NO3S. The fourth-order valence-corrected chi connectivity index (χ4v) is 4.39. The Kier molecular flexibility index (Phi) is 5.05. The van der Waals surface area contributed by atoms with Crippen LogP contribution in [0.25, 0.3) is 0 Å². The number of sulfone groups is 1. The van der Waals surface area contributed by atoms with Gasteiger partial charge in [0.25, 0.3) is 0 Å². The van der Waals surface area contributed by atoms with E-state index in [1.165, 1.54) is 5.56 Å². The normalized spacial score (nSPS) is 22.6. The Morgan fingerprint density at radius 3 is 2.60 bits per heavy atom. The quantitative estimate of drug-likeness (QED) is 0.870. The van der Waals surface area contributed by atoms with Crippen molar-refractivity contribution in [3.8, 4) is 5.75 Å². The molecule has 20 heavy (non-hydrogen) atoms. The van der Waals surface area contributed by atoms with Gasteiger partial charge in [-0.05, 0) is 43.9 Å². The topological polar surface area (TPSA) is 55.4 Å². The highest BCUT2D eigenvalue weighted by Gasteiger charge is 2.30. The fraction of sp³-hybridized carbons (Fsp3) is 0.600. The van der Waals surface area contributed by atoms with Crippen molar-refractivity contribution < 1.29 is 13.2 Å². The first-order valence-electron chi connectivity index (χ1n) is 7.09. The zero-order valence-corrected chi connectivity index (χ0v) is 12.9. The zero-order chi connectivity index (χ0) is 14.6. The van der Waals surface area contributed by atoms with Crippen LogP contribution in [0.5, 0.6) is 5.75 Å². The maximum absolute atomic E-state index is 11.7. The maximum Gasteiger partial charge on any atom is 0.154 e. The maximum atomic E-state index is 11.7. The second-order valence-corrected chi connectivity index (χ2v) is 7.89. The third-order valence-corrected chi connectivity index (χ3v) is 6.13. The number of benzene rings is 1. The van der Waals surface area contributed by atoms with Gasteiger partial charge >= 0.3 is 0 Å². The molecule has 1 aliphatic heterocycles. The van der Waals surface area contributed by atoms with Crippen LogP contribution in [0.1, 0.15) is 25.3 Å². The molecule has 1 heterocycles. The molecule has 0 aliphatic carbocycles. The molecule has 1 aromatic carbocycles.